The SMILES string of the molecule is CCCCCCCC(=O)OC[C@@H]1[C@H](c2cc(OC)c(OC)c(OC)c2)c2cc3c(cc2C2=NOC[C@H]21)OCO3. The molecule has 3 atom stereocenters. The van der Waals surface area contributed by atoms with Crippen LogP contribution in [-0.4, -0.2) is 53.0 Å². The van der Waals surface area contributed by atoms with Crippen LogP contribution in [0.5, 0.6) is 28.7 Å². The van der Waals surface area contributed by atoms with Gasteiger partial charge in [0.15, 0.2) is 23.0 Å². The van der Waals surface area contributed by atoms with Gasteiger partial charge in [-0.2, -0.15) is 0 Å². The average molecular weight is 540 g/mol. The molecule has 0 bridgehead atoms. The van der Waals surface area contributed by atoms with Crippen molar-refractivity contribution >= 4 is 11.7 Å². The van der Waals surface area contributed by atoms with E-state index >= 15 is 0 Å². The lowest BCUT2D eigenvalue weighted by atomic mass is 9.66. The summed E-state index contributed by atoms with van der Waals surface area (Å²) in [7, 11) is 4.78. The Labute approximate surface area is 229 Å². The highest BCUT2D eigenvalue weighted by Crippen LogP contribution is 2.51. The Balaban J connectivity index is 1.52. The molecule has 2 heterocycles. The summed E-state index contributed by atoms with van der Waals surface area (Å²) < 4.78 is 34.3. The molecule has 2 aromatic carbocycles. The van der Waals surface area contributed by atoms with E-state index < -0.39 is 0 Å². The molecule has 3 aliphatic rings. The maximum absolute atomic E-state index is 12.8. The van der Waals surface area contributed by atoms with Crippen LogP contribution in [0.3, 0.4) is 0 Å². The second-order valence-electron chi connectivity index (χ2n) is 10.1. The molecule has 9 nitrogen and oxygen atoms in total. The van der Waals surface area contributed by atoms with E-state index in [1.807, 2.05) is 24.3 Å². The molecule has 5 rings (SSSR count). The van der Waals surface area contributed by atoms with Crippen molar-refractivity contribution in [3.05, 3.63) is 41.0 Å². The van der Waals surface area contributed by atoms with Crippen LogP contribution < -0.4 is 23.7 Å². The van der Waals surface area contributed by atoms with Gasteiger partial charge in [0.2, 0.25) is 12.5 Å². The molecule has 0 saturated carbocycles. The van der Waals surface area contributed by atoms with Crippen molar-refractivity contribution in [1.29, 1.82) is 0 Å². The third-order valence-corrected chi connectivity index (χ3v) is 7.84. The normalized spacial score (nSPS) is 20.4. The van der Waals surface area contributed by atoms with Crippen LogP contribution in [0.1, 0.15) is 68.1 Å². The van der Waals surface area contributed by atoms with E-state index in [0.29, 0.717) is 41.8 Å². The molecule has 39 heavy (non-hydrogen) atoms. The number of benzene rings is 2. The first-order valence-electron chi connectivity index (χ1n) is 13.7. The first-order chi connectivity index (χ1) is 19.1. The van der Waals surface area contributed by atoms with Crippen molar-refractivity contribution in [1.82, 2.24) is 0 Å². The van der Waals surface area contributed by atoms with E-state index in [1.165, 1.54) is 12.8 Å². The molecule has 0 unspecified atom stereocenters. The van der Waals surface area contributed by atoms with Crippen molar-refractivity contribution in [3.63, 3.8) is 0 Å². The number of carbonyl (C=O) groups excluding carboxylic acids is 1. The van der Waals surface area contributed by atoms with Crippen molar-refractivity contribution in [2.75, 3.05) is 41.3 Å². The topological polar surface area (TPSA) is 94.0 Å². The predicted octanol–water partition coefficient (Wildman–Crippen LogP) is 5.46. The molecule has 0 radical (unpaired) electrons. The van der Waals surface area contributed by atoms with Crippen LogP contribution in [0.4, 0.5) is 0 Å². The number of methoxy groups -OCH3 is 3. The number of nitrogens with zero attached hydrogens (tertiary/aromatic N) is 1. The van der Waals surface area contributed by atoms with Gasteiger partial charge in [0.1, 0.15) is 6.61 Å². The molecular formula is C30H37NO8. The maximum Gasteiger partial charge on any atom is 0.305 e. The van der Waals surface area contributed by atoms with Crippen LogP contribution in [0.25, 0.3) is 0 Å². The summed E-state index contributed by atoms with van der Waals surface area (Å²) in [6.07, 6.45) is 5.79. The lowest BCUT2D eigenvalue weighted by Crippen LogP contribution is -2.38. The van der Waals surface area contributed by atoms with Gasteiger partial charge < -0.3 is 33.3 Å². The number of carbonyl (C=O) groups is 1. The van der Waals surface area contributed by atoms with Gasteiger partial charge in [-0.25, -0.2) is 0 Å². The highest BCUT2D eigenvalue weighted by molar-refractivity contribution is 6.06. The predicted molar refractivity (Wildman–Crippen MR) is 144 cm³/mol. The number of rotatable bonds is 12. The fourth-order valence-corrected chi connectivity index (χ4v) is 5.86. The smallest absolute Gasteiger partial charge is 0.305 e. The summed E-state index contributed by atoms with van der Waals surface area (Å²) in [6, 6.07) is 7.90. The van der Waals surface area contributed by atoms with Crippen LogP contribution in [0, 0.1) is 11.8 Å². The summed E-state index contributed by atoms with van der Waals surface area (Å²) in [4.78, 5) is 18.4. The summed E-state index contributed by atoms with van der Waals surface area (Å²) in [5, 5.41) is 4.41. The van der Waals surface area contributed by atoms with Gasteiger partial charge in [0, 0.05) is 29.7 Å². The van der Waals surface area contributed by atoms with Crippen molar-refractivity contribution in [3.8, 4) is 28.7 Å². The van der Waals surface area contributed by atoms with E-state index in [4.69, 9.17) is 33.3 Å². The third-order valence-electron chi connectivity index (χ3n) is 7.84. The minimum Gasteiger partial charge on any atom is -0.493 e. The Morgan fingerprint density at radius 3 is 2.36 bits per heavy atom. The summed E-state index contributed by atoms with van der Waals surface area (Å²) in [6.45, 7) is 2.98. The van der Waals surface area contributed by atoms with Crippen LogP contribution in [0.2, 0.25) is 0 Å². The van der Waals surface area contributed by atoms with Gasteiger partial charge in [-0.1, -0.05) is 37.8 Å². The number of esters is 1. The van der Waals surface area contributed by atoms with Gasteiger partial charge in [0.25, 0.3) is 0 Å². The zero-order chi connectivity index (χ0) is 27.4. The summed E-state index contributed by atoms with van der Waals surface area (Å²) >= 11 is 0. The number of ether oxygens (including phenoxy) is 6. The quantitative estimate of drug-likeness (QED) is 0.259. The Kier molecular flexibility index (Phi) is 8.33. The molecule has 0 aromatic heterocycles. The molecule has 0 spiro atoms. The minimum absolute atomic E-state index is 0.0701. The third kappa shape index (κ3) is 5.31. The second kappa shape index (κ2) is 12.1. The molecule has 1 aliphatic carbocycles. The van der Waals surface area contributed by atoms with E-state index in [2.05, 4.69) is 12.1 Å². The molecule has 2 aromatic rings. The summed E-state index contributed by atoms with van der Waals surface area (Å²) in [5.41, 5.74) is 3.72. The standard InChI is InChI=1S/C30H37NO8/c1-5-6-7-8-9-10-27(32)36-15-21-22-16-39-31-29(22)20-14-24-23(37-17-38-24)13-19(20)28(21)18-11-25(33-2)30(35-4)26(12-18)34-3/h11-14,21-22,28H,5-10,15-17H2,1-4H3/t21-,22-,28+/m0/s1. The Hall–Kier alpha value is -3.62. The van der Waals surface area contributed by atoms with E-state index in [-0.39, 0.29) is 37.1 Å². The molecular weight excluding hydrogens is 502 g/mol. The van der Waals surface area contributed by atoms with Gasteiger partial charge in [-0.15, -0.1) is 0 Å². The van der Waals surface area contributed by atoms with E-state index in [9.17, 15) is 4.79 Å². The number of hydrogen-bond acceptors (Lipinski definition) is 9. The molecule has 2 aliphatic heterocycles. The number of unbranched alkanes of at least 4 members (excludes halogenated alkanes) is 4. The Morgan fingerprint density at radius 2 is 1.67 bits per heavy atom. The van der Waals surface area contributed by atoms with Crippen LogP contribution in [0.15, 0.2) is 29.4 Å². The largest absolute Gasteiger partial charge is 0.493 e. The molecule has 0 saturated heterocycles. The van der Waals surface area contributed by atoms with Gasteiger partial charge >= 0.3 is 5.97 Å². The highest BCUT2D eigenvalue weighted by atomic mass is 16.7. The Bertz CT molecular complexity index is 1200. The average Bonchev–Trinajstić information content (AvgIpc) is 3.63. The molecule has 210 valence electrons. The molecule has 0 amide bonds. The fraction of sp³-hybridized carbons (Fsp3) is 0.533. The first-order valence-corrected chi connectivity index (χ1v) is 13.7. The Morgan fingerprint density at radius 1 is 0.949 bits per heavy atom. The second-order valence-corrected chi connectivity index (χ2v) is 10.1. The lowest BCUT2D eigenvalue weighted by Gasteiger charge is -2.37. The van der Waals surface area contributed by atoms with Gasteiger partial charge in [-0.3, -0.25) is 4.79 Å². The lowest BCUT2D eigenvalue weighted by molar-refractivity contribution is -0.145. The van der Waals surface area contributed by atoms with E-state index in [0.717, 1.165) is 41.7 Å². The number of fused-ring (bicyclic) bond motifs is 4. The monoisotopic (exact) mass is 539 g/mol. The number of oxime groups is 1. The van der Waals surface area contributed by atoms with Crippen molar-refractivity contribution in [2.45, 2.75) is 51.4 Å². The summed E-state index contributed by atoms with van der Waals surface area (Å²) in [5.74, 6) is 2.41. The van der Waals surface area contributed by atoms with Crippen molar-refractivity contribution < 1.29 is 38.1 Å². The molecule has 0 N–H and O–H groups in total. The van der Waals surface area contributed by atoms with Gasteiger partial charge in [-0.05, 0) is 41.8 Å². The van der Waals surface area contributed by atoms with Crippen LogP contribution >= 0.6 is 0 Å². The van der Waals surface area contributed by atoms with Gasteiger partial charge in [0.05, 0.1) is 33.6 Å². The zero-order valence-corrected chi connectivity index (χ0v) is 23.1. The first kappa shape index (κ1) is 27.0. The highest BCUT2D eigenvalue weighted by Gasteiger charge is 2.46. The maximum atomic E-state index is 12.8. The molecule has 0 fully saturated rings. The van der Waals surface area contributed by atoms with E-state index in [1.54, 1.807) is 21.3 Å². The van der Waals surface area contributed by atoms with Crippen molar-refractivity contribution in [2.24, 2.45) is 17.0 Å². The fourth-order valence-electron chi connectivity index (χ4n) is 5.86. The zero-order valence-electron chi connectivity index (χ0n) is 23.1. The molecule has 9 heteroatoms. The minimum atomic E-state index is -0.189. The van der Waals surface area contributed by atoms with Crippen LogP contribution in [-0.2, 0) is 14.4 Å². The number of hydrogen-bond donors (Lipinski definition) is 0.